The van der Waals surface area contributed by atoms with Crippen molar-refractivity contribution < 1.29 is 9.21 Å². The minimum Gasteiger partial charge on any atom is -0.456 e. The first-order valence-corrected chi connectivity index (χ1v) is 6.37. The first-order valence-electron chi connectivity index (χ1n) is 6.37. The lowest BCUT2D eigenvalue weighted by molar-refractivity contribution is 0.0921. The third-order valence-electron chi connectivity index (χ3n) is 2.95. The fourth-order valence-corrected chi connectivity index (χ4v) is 1.75. The molecule has 1 aromatic carbocycles. The lowest BCUT2D eigenvalue weighted by Gasteiger charge is -2.04. The summed E-state index contributed by atoms with van der Waals surface area (Å²) in [5.41, 5.74) is 7.64. The number of nitrogens with two attached hydrogens (primary N) is 1. The second-order valence-electron chi connectivity index (χ2n) is 4.32. The molecule has 0 atom stereocenters. The molecule has 0 radical (unpaired) electrons. The van der Waals surface area contributed by atoms with Crippen molar-refractivity contribution in [3.63, 3.8) is 0 Å². The average molecular weight is 258 g/mol. The van der Waals surface area contributed by atoms with Gasteiger partial charge in [0.25, 0.3) is 5.91 Å². The van der Waals surface area contributed by atoms with E-state index in [1.165, 1.54) is 0 Å². The first kappa shape index (κ1) is 13.4. The molecule has 1 aromatic heterocycles. The predicted octanol–water partition coefficient (Wildman–Crippen LogP) is 2.23. The molecule has 3 N–H and O–H groups in total. The normalized spacial score (nSPS) is 10.4. The van der Waals surface area contributed by atoms with Gasteiger partial charge in [-0.3, -0.25) is 4.79 Å². The molecular formula is C15H18N2O2. The molecule has 2 rings (SSSR count). The van der Waals surface area contributed by atoms with Crippen LogP contribution in [0.15, 0.2) is 40.8 Å². The monoisotopic (exact) mass is 258 g/mol. The Bertz CT molecular complexity index is 544. The van der Waals surface area contributed by atoms with Gasteiger partial charge in [0.2, 0.25) is 0 Å². The lowest BCUT2D eigenvalue weighted by Crippen LogP contribution is -2.22. The van der Waals surface area contributed by atoms with Crippen LogP contribution in [-0.4, -0.2) is 5.91 Å². The van der Waals surface area contributed by atoms with Gasteiger partial charge in [-0.05, 0) is 23.3 Å². The van der Waals surface area contributed by atoms with Crippen LogP contribution in [0.4, 0.5) is 0 Å². The Kier molecular flexibility index (Phi) is 4.36. The molecule has 0 aliphatic heterocycles. The highest BCUT2D eigenvalue weighted by atomic mass is 16.3. The van der Waals surface area contributed by atoms with E-state index in [4.69, 9.17) is 10.2 Å². The Balaban J connectivity index is 1.92. The number of nitrogens with one attached hydrogen (secondary N) is 1. The predicted molar refractivity (Wildman–Crippen MR) is 73.6 cm³/mol. The number of amides is 1. The lowest BCUT2D eigenvalue weighted by atomic mass is 10.1. The van der Waals surface area contributed by atoms with Crippen LogP contribution in [0.3, 0.4) is 0 Å². The smallest absolute Gasteiger partial charge is 0.287 e. The van der Waals surface area contributed by atoms with E-state index in [1.807, 2.05) is 37.3 Å². The number of carbonyl (C=O) groups is 1. The van der Waals surface area contributed by atoms with Crippen LogP contribution in [0.25, 0.3) is 0 Å². The van der Waals surface area contributed by atoms with Crippen LogP contribution in [0.1, 0.15) is 34.4 Å². The molecule has 0 unspecified atom stereocenters. The SMILES string of the molecule is CCc1ccc(C(=O)NCc2ccc(CN)cc2)o1. The summed E-state index contributed by atoms with van der Waals surface area (Å²) in [6.45, 7) is 2.99. The van der Waals surface area contributed by atoms with Crippen molar-refractivity contribution in [2.24, 2.45) is 5.73 Å². The minimum atomic E-state index is -0.192. The number of benzene rings is 1. The zero-order valence-electron chi connectivity index (χ0n) is 11.0. The molecule has 0 fully saturated rings. The zero-order valence-corrected chi connectivity index (χ0v) is 11.0. The summed E-state index contributed by atoms with van der Waals surface area (Å²) >= 11 is 0. The molecule has 0 aliphatic rings. The summed E-state index contributed by atoms with van der Waals surface area (Å²) in [7, 11) is 0. The fourth-order valence-electron chi connectivity index (χ4n) is 1.75. The minimum absolute atomic E-state index is 0.192. The maximum Gasteiger partial charge on any atom is 0.287 e. The quantitative estimate of drug-likeness (QED) is 0.864. The van der Waals surface area contributed by atoms with Gasteiger partial charge >= 0.3 is 0 Å². The van der Waals surface area contributed by atoms with Crippen molar-refractivity contribution in [2.75, 3.05) is 0 Å². The van der Waals surface area contributed by atoms with Crippen molar-refractivity contribution in [1.82, 2.24) is 5.32 Å². The number of hydrogen-bond acceptors (Lipinski definition) is 3. The highest BCUT2D eigenvalue weighted by molar-refractivity contribution is 5.91. The molecule has 19 heavy (non-hydrogen) atoms. The molecular weight excluding hydrogens is 240 g/mol. The summed E-state index contributed by atoms with van der Waals surface area (Å²) in [5.74, 6) is 0.982. The van der Waals surface area contributed by atoms with E-state index < -0.39 is 0 Å². The molecule has 4 nitrogen and oxygen atoms in total. The van der Waals surface area contributed by atoms with E-state index in [-0.39, 0.29) is 5.91 Å². The van der Waals surface area contributed by atoms with Crippen molar-refractivity contribution in [3.8, 4) is 0 Å². The topological polar surface area (TPSA) is 68.3 Å². The molecule has 0 saturated carbocycles. The second kappa shape index (κ2) is 6.20. The van der Waals surface area contributed by atoms with Gasteiger partial charge in [0.05, 0.1) is 0 Å². The number of hydrogen-bond donors (Lipinski definition) is 2. The van der Waals surface area contributed by atoms with Crippen LogP contribution in [-0.2, 0) is 19.5 Å². The Morgan fingerprint density at radius 2 is 1.84 bits per heavy atom. The number of aryl methyl sites for hydroxylation is 1. The van der Waals surface area contributed by atoms with Crippen LogP contribution in [0.5, 0.6) is 0 Å². The van der Waals surface area contributed by atoms with E-state index in [9.17, 15) is 4.79 Å². The van der Waals surface area contributed by atoms with Gasteiger partial charge in [-0.2, -0.15) is 0 Å². The zero-order chi connectivity index (χ0) is 13.7. The largest absolute Gasteiger partial charge is 0.456 e. The van der Waals surface area contributed by atoms with Crippen LogP contribution >= 0.6 is 0 Å². The first-order chi connectivity index (χ1) is 9.22. The van der Waals surface area contributed by atoms with Crippen LogP contribution in [0, 0.1) is 0 Å². The Morgan fingerprint density at radius 3 is 2.42 bits per heavy atom. The third-order valence-corrected chi connectivity index (χ3v) is 2.95. The van der Waals surface area contributed by atoms with Gasteiger partial charge in [0, 0.05) is 19.5 Å². The molecule has 0 saturated heterocycles. The highest BCUT2D eigenvalue weighted by Gasteiger charge is 2.09. The van der Waals surface area contributed by atoms with Gasteiger partial charge in [-0.1, -0.05) is 31.2 Å². The Hall–Kier alpha value is -2.07. The van der Waals surface area contributed by atoms with E-state index >= 15 is 0 Å². The summed E-state index contributed by atoms with van der Waals surface area (Å²) < 4.78 is 5.39. The summed E-state index contributed by atoms with van der Waals surface area (Å²) in [5, 5.41) is 2.83. The van der Waals surface area contributed by atoms with Gasteiger partial charge in [-0.25, -0.2) is 0 Å². The van der Waals surface area contributed by atoms with Gasteiger partial charge in [-0.15, -0.1) is 0 Å². The van der Waals surface area contributed by atoms with Crippen LogP contribution < -0.4 is 11.1 Å². The maximum atomic E-state index is 11.8. The van der Waals surface area contributed by atoms with Crippen LogP contribution in [0.2, 0.25) is 0 Å². The summed E-state index contributed by atoms with van der Waals surface area (Å²) in [4.78, 5) is 11.8. The van der Waals surface area contributed by atoms with Gasteiger partial charge in [0.1, 0.15) is 5.76 Å². The second-order valence-corrected chi connectivity index (χ2v) is 4.32. The number of rotatable bonds is 5. The molecule has 0 aliphatic carbocycles. The molecule has 100 valence electrons. The molecule has 1 heterocycles. The Morgan fingerprint density at radius 1 is 1.16 bits per heavy atom. The fraction of sp³-hybridized carbons (Fsp3) is 0.267. The molecule has 2 aromatic rings. The van der Waals surface area contributed by atoms with E-state index in [1.54, 1.807) is 6.07 Å². The van der Waals surface area contributed by atoms with E-state index in [0.717, 1.165) is 23.3 Å². The summed E-state index contributed by atoms with van der Waals surface area (Å²) in [6.07, 6.45) is 0.786. The van der Waals surface area contributed by atoms with Crippen molar-refractivity contribution in [1.29, 1.82) is 0 Å². The number of furan rings is 1. The average Bonchev–Trinajstić information content (AvgIpc) is 2.94. The molecule has 4 heteroatoms. The maximum absolute atomic E-state index is 11.8. The van der Waals surface area contributed by atoms with Crippen molar-refractivity contribution in [3.05, 3.63) is 59.0 Å². The van der Waals surface area contributed by atoms with Gasteiger partial charge < -0.3 is 15.5 Å². The van der Waals surface area contributed by atoms with Gasteiger partial charge in [0.15, 0.2) is 5.76 Å². The molecule has 0 spiro atoms. The third kappa shape index (κ3) is 3.45. The summed E-state index contributed by atoms with van der Waals surface area (Å²) in [6, 6.07) is 11.4. The standard InChI is InChI=1S/C15H18N2O2/c1-2-13-7-8-14(19-13)15(18)17-10-12-5-3-11(9-16)4-6-12/h3-8H,2,9-10,16H2,1H3,(H,17,18). The molecule has 1 amide bonds. The van der Waals surface area contributed by atoms with E-state index in [0.29, 0.717) is 18.8 Å². The molecule has 0 bridgehead atoms. The number of carbonyl (C=O) groups excluding carboxylic acids is 1. The van der Waals surface area contributed by atoms with Crippen molar-refractivity contribution >= 4 is 5.91 Å². The Labute approximate surface area is 112 Å². The van der Waals surface area contributed by atoms with Crippen molar-refractivity contribution in [2.45, 2.75) is 26.4 Å². The highest BCUT2D eigenvalue weighted by Crippen LogP contribution is 2.09. The van der Waals surface area contributed by atoms with E-state index in [2.05, 4.69) is 5.32 Å².